The monoisotopic (exact) mass is 322 g/mol. The zero-order valence-electron chi connectivity index (χ0n) is 10.3. The van der Waals surface area contributed by atoms with Gasteiger partial charge in [-0.2, -0.15) is 0 Å². The molecule has 0 atom stereocenters. The lowest BCUT2D eigenvalue weighted by molar-refractivity contribution is 0.111. The molecule has 0 spiro atoms. The van der Waals surface area contributed by atoms with Gasteiger partial charge in [0.2, 0.25) is 0 Å². The lowest BCUT2D eigenvalue weighted by Crippen LogP contribution is -2.01. The number of ether oxygens (including phenoxy) is 1. The van der Waals surface area contributed by atoms with Gasteiger partial charge < -0.3 is 4.74 Å². The summed E-state index contributed by atoms with van der Waals surface area (Å²) in [5.41, 5.74) is 2.16. The molecule has 0 saturated heterocycles. The van der Waals surface area contributed by atoms with E-state index < -0.39 is 0 Å². The van der Waals surface area contributed by atoms with Gasteiger partial charge in [0.25, 0.3) is 0 Å². The van der Waals surface area contributed by atoms with Gasteiger partial charge in [0.05, 0.1) is 10.0 Å². The molecule has 0 aliphatic rings. The Morgan fingerprint density at radius 3 is 2.84 bits per heavy atom. The molecule has 2 aromatic carbocycles. The zero-order valence-corrected chi connectivity index (χ0v) is 11.9. The summed E-state index contributed by atoms with van der Waals surface area (Å²) in [5, 5.41) is 0. The van der Waals surface area contributed by atoms with E-state index in [0.29, 0.717) is 15.8 Å². The van der Waals surface area contributed by atoms with Crippen molar-refractivity contribution in [3.8, 4) is 5.75 Å². The number of para-hydroxylation sites is 1. The molecule has 0 bridgehead atoms. The van der Waals surface area contributed by atoms with Crippen LogP contribution in [0.4, 0.5) is 4.39 Å². The Bertz CT molecular complexity index is 611. The molecule has 2 aromatic rings. The Kier molecular flexibility index (Phi) is 4.32. The molecule has 0 radical (unpaired) electrons. The first-order valence-corrected chi connectivity index (χ1v) is 6.52. The summed E-state index contributed by atoms with van der Waals surface area (Å²) >= 11 is 3.34. The maximum absolute atomic E-state index is 13.2. The van der Waals surface area contributed by atoms with E-state index in [-0.39, 0.29) is 12.4 Å². The number of hydrogen-bond donors (Lipinski definition) is 0. The first kappa shape index (κ1) is 13.7. The minimum atomic E-state index is -0.299. The van der Waals surface area contributed by atoms with Crippen LogP contribution in [0.15, 0.2) is 40.9 Å². The number of aldehydes is 1. The second kappa shape index (κ2) is 5.97. The van der Waals surface area contributed by atoms with Crippen LogP contribution in [0.2, 0.25) is 0 Å². The Morgan fingerprint density at radius 2 is 2.11 bits per heavy atom. The largest absolute Gasteiger partial charge is 0.487 e. The van der Waals surface area contributed by atoms with Crippen LogP contribution in [-0.2, 0) is 6.61 Å². The third-order valence-electron chi connectivity index (χ3n) is 2.81. The normalized spacial score (nSPS) is 10.3. The quantitative estimate of drug-likeness (QED) is 0.785. The summed E-state index contributed by atoms with van der Waals surface area (Å²) in [6.45, 7) is 2.10. The first-order chi connectivity index (χ1) is 9.11. The average Bonchev–Trinajstić information content (AvgIpc) is 2.40. The van der Waals surface area contributed by atoms with Crippen molar-refractivity contribution in [2.45, 2.75) is 13.5 Å². The van der Waals surface area contributed by atoms with Crippen molar-refractivity contribution in [2.24, 2.45) is 0 Å². The highest BCUT2D eigenvalue weighted by molar-refractivity contribution is 9.10. The van der Waals surface area contributed by atoms with E-state index in [1.807, 2.05) is 6.92 Å². The van der Waals surface area contributed by atoms with Crippen LogP contribution in [0.1, 0.15) is 21.5 Å². The topological polar surface area (TPSA) is 26.3 Å². The van der Waals surface area contributed by atoms with Crippen LogP contribution in [0, 0.1) is 12.7 Å². The molecule has 0 unspecified atom stereocenters. The van der Waals surface area contributed by atoms with E-state index in [4.69, 9.17) is 4.74 Å². The number of carbonyl (C=O) groups excluding carboxylic acids is 1. The molecule has 2 nitrogen and oxygen atoms in total. The number of carbonyl (C=O) groups is 1. The molecule has 0 aliphatic carbocycles. The number of benzene rings is 2. The third-order valence-corrected chi connectivity index (χ3v) is 3.43. The van der Waals surface area contributed by atoms with Crippen molar-refractivity contribution in [3.63, 3.8) is 0 Å². The second-order valence-electron chi connectivity index (χ2n) is 4.14. The first-order valence-electron chi connectivity index (χ1n) is 5.73. The molecule has 0 saturated carbocycles. The van der Waals surface area contributed by atoms with Gasteiger partial charge in [0.15, 0.2) is 6.29 Å². The number of halogens is 2. The van der Waals surface area contributed by atoms with Gasteiger partial charge in [-0.05, 0) is 58.2 Å². The molecule has 0 fully saturated rings. The van der Waals surface area contributed by atoms with Crippen LogP contribution in [-0.4, -0.2) is 6.29 Å². The maximum Gasteiger partial charge on any atom is 0.153 e. The summed E-state index contributed by atoms with van der Waals surface area (Å²) in [7, 11) is 0. The van der Waals surface area contributed by atoms with Gasteiger partial charge in [-0.1, -0.05) is 12.1 Å². The molecule has 98 valence electrons. The Balaban J connectivity index is 2.23. The van der Waals surface area contributed by atoms with Crippen molar-refractivity contribution in [1.82, 2.24) is 0 Å². The fraction of sp³-hybridized carbons (Fsp3) is 0.133. The molecular formula is C15H12BrFO2. The lowest BCUT2D eigenvalue weighted by atomic mass is 10.1. The van der Waals surface area contributed by atoms with Crippen LogP contribution in [0.25, 0.3) is 0 Å². The van der Waals surface area contributed by atoms with Crippen LogP contribution in [0.3, 0.4) is 0 Å². The number of rotatable bonds is 4. The van der Waals surface area contributed by atoms with Crippen molar-refractivity contribution >= 4 is 22.2 Å². The van der Waals surface area contributed by atoms with Crippen molar-refractivity contribution in [2.75, 3.05) is 0 Å². The maximum atomic E-state index is 13.2. The Morgan fingerprint density at radius 1 is 1.32 bits per heavy atom. The van der Waals surface area contributed by atoms with Gasteiger partial charge in [0, 0.05) is 0 Å². The van der Waals surface area contributed by atoms with Gasteiger partial charge in [-0.25, -0.2) is 4.39 Å². The molecule has 0 amide bonds. The summed E-state index contributed by atoms with van der Waals surface area (Å²) < 4.78 is 19.5. The van der Waals surface area contributed by atoms with E-state index >= 15 is 0 Å². The van der Waals surface area contributed by atoms with Crippen molar-refractivity contribution in [1.29, 1.82) is 0 Å². The highest BCUT2D eigenvalue weighted by Crippen LogP contribution is 2.29. The SMILES string of the molecule is Cc1ccc(F)cc1COc1c(Br)cccc1C=O. The van der Waals surface area contributed by atoms with E-state index in [1.165, 1.54) is 12.1 Å². The highest BCUT2D eigenvalue weighted by Gasteiger charge is 2.09. The Hall–Kier alpha value is -1.68. The molecule has 0 aliphatic heterocycles. The minimum absolute atomic E-state index is 0.215. The molecule has 2 rings (SSSR count). The summed E-state index contributed by atoms with van der Waals surface area (Å²) in [6.07, 6.45) is 0.735. The lowest BCUT2D eigenvalue weighted by Gasteiger charge is -2.12. The predicted octanol–water partition coefficient (Wildman–Crippen LogP) is 4.29. The van der Waals surface area contributed by atoms with E-state index in [9.17, 15) is 9.18 Å². The zero-order chi connectivity index (χ0) is 13.8. The summed E-state index contributed by atoms with van der Waals surface area (Å²) in [4.78, 5) is 11.0. The van der Waals surface area contributed by atoms with E-state index in [1.54, 1.807) is 24.3 Å². The number of aryl methyl sites for hydroxylation is 1. The van der Waals surface area contributed by atoms with Gasteiger partial charge in [0.1, 0.15) is 18.2 Å². The van der Waals surface area contributed by atoms with Crippen LogP contribution in [0.5, 0.6) is 5.75 Å². The fourth-order valence-electron chi connectivity index (χ4n) is 1.72. The molecule has 0 N–H and O–H groups in total. The molecule has 4 heteroatoms. The summed E-state index contributed by atoms with van der Waals surface area (Å²) in [6, 6.07) is 9.77. The standard InChI is InChI=1S/C15H12BrFO2/c1-10-5-6-13(17)7-12(10)9-19-15-11(8-18)3-2-4-14(15)16/h2-8H,9H2,1H3. The predicted molar refractivity (Wildman–Crippen MR) is 75.0 cm³/mol. The van der Waals surface area contributed by atoms with E-state index in [0.717, 1.165) is 17.4 Å². The molecule has 0 heterocycles. The second-order valence-corrected chi connectivity index (χ2v) is 4.99. The van der Waals surface area contributed by atoms with E-state index in [2.05, 4.69) is 15.9 Å². The Labute approximate surface area is 119 Å². The van der Waals surface area contributed by atoms with Crippen LogP contribution >= 0.6 is 15.9 Å². The highest BCUT2D eigenvalue weighted by atomic mass is 79.9. The number of hydrogen-bond acceptors (Lipinski definition) is 2. The van der Waals surface area contributed by atoms with Crippen molar-refractivity contribution in [3.05, 3.63) is 63.4 Å². The van der Waals surface area contributed by atoms with Gasteiger partial charge >= 0.3 is 0 Å². The molecule has 0 aromatic heterocycles. The minimum Gasteiger partial charge on any atom is -0.487 e. The molecule has 19 heavy (non-hydrogen) atoms. The average molecular weight is 323 g/mol. The van der Waals surface area contributed by atoms with Gasteiger partial charge in [-0.15, -0.1) is 0 Å². The molecular weight excluding hydrogens is 311 g/mol. The third kappa shape index (κ3) is 3.20. The van der Waals surface area contributed by atoms with Crippen LogP contribution < -0.4 is 4.74 Å². The van der Waals surface area contributed by atoms with Gasteiger partial charge in [-0.3, -0.25) is 4.79 Å². The smallest absolute Gasteiger partial charge is 0.153 e. The summed E-state index contributed by atoms with van der Waals surface area (Å²) in [5.74, 6) is 0.174. The van der Waals surface area contributed by atoms with Crippen molar-refractivity contribution < 1.29 is 13.9 Å². The fourth-order valence-corrected chi connectivity index (χ4v) is 2.21.